The van der Waals surface area contributed by atoms with E-state index < -0.39 is 0 Å². The molecule has 0 amide bonds. The van der Waals surface area contributed by atoms with Crippen molar-refractivity contribution in [3.8, 4) is 17.1 Å². The van der Waals surface area contributed by atoms with Crippen molar-refractivity contribution in [3.63, 3.8) is 0 Å². The van der Waals surface area contributed by atoms with Crippen molar-refractivity contribution < 1.29 is 9.84 Å². The van der Waals surface area contributed by atoms with Gasteiger partial charge in [0.05, 0.1) is 31.5 Å². The van der Waals surface area contributed by atoms with Gasteiger partial charge in [-0.05, 0) is 19.1 Å². The molecule has 0 bridgehead atoms. The van der Waals surface area contributed by atoms with Crippen LogP contribution in [0, 0.1) is 0 Å². The number of aliphatic hydroxyl groups excluding tert-OH is 1. The summed E-state index contributed by atoms with van der Waals surface area (Å²) in [6.07, 6.45) is 3.42. The molecule has 6 nitrogen and oxygen atoms in total. The predicted octanol–water partition coefficient (Wildman–Crippen LogP) is 0.902. The van der Waals surface area contributed by atoms with Gasteiger partial charge in [0.2, 0.25) is 5.88 Å². The smallest absolute Gasteiger partial charge is 0.222 e. The first-order chi connectivity index (χ1) is 8.26. The van der Waals surface area contributed by atoms with E-state index in [-0.39, 0.29) is 12.6 Å². The highest BCUT2D eigenvalue weighted by atomic mass is 16.5. The molecule has 0 aliphatic heterocycles. The number of aromatic nitrogens is 4. The molecule has 90 valence electrons. The molecule has 0 saturated carbocycles. The van der Waals surface area contributed by atoms with Gasteiger partial charge in [-0.3, -0.25) is 0 Å². The fourth-order valence-electron chi connectivity index (χ4n) is 1.45. The van der Waals surface area contributed by atoms with Crippen LogP contribution < -0.4 is 4.74 Å². The van der Waals surface area contributed by atoms with Crippen molar-refractivity contribution in [2.75, 3.05) is 13.7 Å². The average molecular weight is 234 g/mol. The third kappa shape index (κ3) is 2.26. The van der Waals surface area contributed by atoms with Gasteiger partial charge in [0.15, 0.2) is 0 Å². The molecule has 0 aromatic carbocycles. The molecule has 1 atom stereocenters. The maximum atomic E-state index is 9.04. The molecule has 0 saturated heterocycles. The number of nitrogens with zero attached hydrogens (tertiary/aromatic N) is 4. The molecule has 0 fully saturated rings. The van der Waals surface area contributed by atoms with Crippen LogP contribution in [-0.2, 0) is 0 Å². The number of pyridine rings is 1. The van der Waals surface area contributed by atoms with Crippen molar-refractivity contribution in [2.45, 2.75) is 13.0 Å². The summed E-state index contributed by atoms with van der Waals surface area (Å²) >= 11 is 0. The van der Waals surface area contributed by atoms with Crippen molar-refractivity contribution in [2.24, 2.45) is 0 Å². The van der Waals surface area contributed by atoms with Gasteiger partial charge in [-0.2, -0.15) is 0 Å². The Morgan fingerprint density at radius 2 is 2.35 bits per heavy atom. The lowest BCUT2D eigenvalue weighted by Crippen LogP contribution is -2.09. The van der Waals surface area contributed by atoms with Crippen molar-refractivity contribution in [1.82, 2.24) is 20.0 Å². The SMILES string of the molecule is COc1ncccc1-c1cn([C@@H](C)CO)nn1. The summed E-state index contributed by atoms with van der Waals surface area (Å²) in [4.78, 5) is 4.10. The minimum atomic E-state index is -0.0982. The molecule has 2 aromatic rings. The highest BCUT2D eigenvalue weighted by Gasteiger charge is 2.12. The van der Waals surface area contributed by atoms with E-state index in [1.807, 2.05) is 19.1 Å². The van der Waals surface area contributed by atoms with Gasteiger partial charge < -0.3 is 9.84 Å². The minimum absolute atomic E-state index is 0.0208. The zero-order valence-corrected chi connectivity index (χ0v) is 9.74. The van der Waals surface area contributed by atoms with E-state index in [1.165, 1.54) is 0 Å². The van der Waals surface area contributed by atoms with Crippen LogP contribution in [0.4, 0.5) is 0 Å². The normalized spacial score (nSPS) is 12.4. The Hall–Kier alpha value is -1.95. The molecule has 17 heavy (non-hydrogen) atoms. The summed E-state index contributed by atoms with van der Waals surface area (Å²) in [5, 5.41) is 17.1. The van der Waals surface area contributed by atoms with Gasteiger partial charge in [0, 0.05) is 6.20 Å². The lowest BCUT2D eigenvalue weighted by Gasteiger charge is -2.06. The lowest BCUT2D eigenvalue weighted by molar-refractivity contribution is 0.228. The van der Waals surface area contributed by atoms with Crippen LogP contribution in [0.1, 0.15) is 13.0 Å². The summed E-state index contributed by atoms with van der Waals surface area (Å²) in [6, 6.07) is 3.58. The van der Waals surface area contributed by atoms with Crippen LogP contribution in [0.3, 0.4) is 0 Å². The van der Waals surface area contributed by atoms with Crippen LogP contribution in [0.25, 0.3) is 11.3 Å². The molecule has 2 rings (SSSR count). The number of hydrogen-bond donors (Lipinski definition) is 1. The first-order valence-electron chi connectivity index (χ1n) is 5.28. The minimum Gasteiger partial charge on any atom is -0.481 e. The fourth-order valence-corrected chi connectivity index (χ4v) is 1.45. The molecule has 0 spiro atoms. The van der Waals surface area contributed by atoms with Gasteiger partial charge in [0.1, 0.15) is 5.69 Å². The fraction of sp³-hybridized carbons (Fsp3) is 0.364. The summed E-state index contributed by atoms with van der Waals surface area (Å²) in [6.45, 7) is 1.88. The van der Waals surface area contributed by atoms with Crippen molar-refractivity contribution >= 4 is 0 Å². The first-order valence-corrected chi connectivity index (χ1v) is 5.28. The Morgan fingerprint density at radius 1 is 1.53 bits per heavy atom. The molecule has 0 aliphatic carbocycles. The van der Waals surface area contributed by atoms with Crippen molar-refractivity contribution in [3.05, 3.63) is 24.5 Å². The van der Waals surface area contributed by atoms with E-state index in [4.69, 9.17) is 9.84 Å². The zero-order chi connectivity index (χ0) is 12.3. The second kappa shape index (κ2) is 4.92. The summed E-state index contributed by atoms with van der Waals surface area (Å²) in [7, 11) is 1.56. The van der Waals surface area contributed by atoms with Crippen LogP contribution in [0.5, 0.6) is 5.88 Å². The Labute approximate surface area is 98.9 Å². The molecule has 2 heterocycles. The van der Waals surface area contributed by atoms with E-state index in [1.54, 1.807) is 24.2 Å². The maximum absolute atomic E-state index is 9.04. The number of ether oxygens (including phenoxy) is 1. The van der Waals surface area contributed by atoms with Gasteiger partial charge in [-0.25, -0.2) is 9.67 Å². The first kappa shape index (κ1) is 11.5. The second-order valence-electron chi connectivity index (χ2n) is 3.68. The Balaban J connectivity index is 2.37. The van der Waals surface area contributed by atoms with Crippen LogP contribution in [0.15, 0.2) is 24.5 Å². The number of rotatable bonds is 4. The summed E-state index contributed by atoms with van der Waals surface area (Å²) in [5.41, 5.74) is 1.46. The third-order valence-corrected chi connectivity index (χ3v) is 2.47. The third-order valence-electron chi connectivity index (χ3n) is 2.47. The van der Waals surface area contributed by atoms with Crippen LogP contribution in [0.2, 0.25) is 0 Å². The molecule has 0 unspecified atom stereocenters. The highest BCUT2D eigenvalue weighted by molar-refractivity contribution is 5.63. The lowest BCUT2D eigenvalue weighted by atomic mass is 10.2. The molecule has 2 aromatic heterocycles. The largest absolute Gasteiger partial charge is 0.481 e. The predicted molar refractivity (Wildman–Crippen MR) is 61.6 cm³/mol. The second-order valence-corrected chi connectivity index (χ2v) is 3.68. The van der Waals surface area contributed by atoms with Crippen LogP contribution in [-0.4, -0.2) is 38.8 Å². The monoisotopic (exact) mass is 234 g/mol. The van der Waals surface area contributed by atoms with Gasteiger partial charge >= 0.3 is 0 Å². The molecule has 6 heteroatoms. The van der Waals surface area contributed by atoms with Gasteiger partial charge in [-0.1, -0.05) is 5.21 Å². The summed E-state index contributed by atoms with van der Waals surface area (Å²) < 4.78 is 6.77. The maximum Gasteiger partial charge on any atom is 0.222 e. The highest BCUT2D eigenvalue weighted by Crippen LogP contribution is 2.25. The standard InChI is InChI=1S/C11H14N4O2/c1-8(7-16)15-6-10(13-14-15)9-4-3-5-12-11(9)17-2/h3-6,8,16H,7H2,1-2H3/t8-/m0/s1. The van der Waals surface area contributed by atoms with E-state index in [9.17, 15) is 0 Å². The van der Waals surface area contributed by atoms with E-state index in [2.05, 4.69) is 15.3 Å². The van der Waals surface area contributed by atoms with Crippen LogP contribution >= 0.6 is 0 Å². The Kier molecular flexibility index (Phi) is 3.34. The van der Waals surface area contributed by atoms with E-state index >= 15 is 0 Å². The molecule has 0 radical (unpaired) electrons. The average Bonchev–Trinajstić information content (AvgIpc) is 2.87. The number of methoxy groups -OCH3 is 1. The molecular formula is C11H14N4O2. The summed E-state index contributed by atoms with van der Waals surface area (Å²) in [5.74, 6) is 0.510. The van der Waals surface area contributed by atoms with E-state index in [0.717, 1.165) is 5.56 Å². The Morgan fingerprint density at radius 3 is 3.06 bits per heavy atom. The Bertz CT molecular complexity index is 498. The number of aliphatic hydroxyl groups is 1. The number of hydrogen-bond acceptors (Lipinski definition) is 5. The zero-order valence-electron chi connectivity index (χ0n) is 9.74. The van der Waals surface area contributed by atoms with Crippen molar-refractivity contribution in [1.29, 1.82) is 0 Å². The molecule has 1 N–H and O–H groups in total. The van der Waals surface area contributed by atoms with Gasteiger partial charge in [0.25, 0.3) is 0 Å². The topological polar surface area (TPSA) is 73.1 Å². The van der Waals surface area contributed by atoms with Gasteiger partial charge in [-0.15, -0.1) is 5.10 Å². The molecule has 0 aliphatic rings. The molecular weight excluding hydrogens is 220 g/mol. The van der Waals surface area contributed by atoms with E-state index in [0.29, 0.717) is 11.6 Å². The quantitative estimate of drug-likeness (QED) is 0.850.